The van der Waals surface area contributed by atoms with Gasteiger partial charge in [0.15, 0.2) is 0 Å². The number of hydrogen-bond acceptors (Lipinski definition) is 1. The summed E-state index contributed by atoms with van der Waals surface area (Å²) in [4.78, 5) is 11.4. The molecule has 0 aliphatic carbocycles. The third kappa shape index (κ3) is 3.21. The summed E-state index contributed by atoms with van der Waals surface area (Å²) < 4.78 is 13.5. The van der Waals surface area contributed by atoms with E-state index < -0.39 is 5.41 Å². The maximum absolute atomic E-state index is 13.5. The van der Waals surface area contributed by atoms with E-state index in [1.54, 1.807) is 24.3 Å². The van der Waals surface area contributed by atoms with Crippen LogP contribution in [0.3, 0.4) is 0 Å². The van der Waals surface area contributed by atoms with E-state index >= 15 is 0 Å². The van der Waals surface area contributed by atoms with Crippen molar-refractivity contribution in [2.75, 3.05) is 0 Å². The van der Waals surface area contributed by atoms with Gasteiger partial charge < -0.3 is 4.79 Å². The largest absolute Gasteiger partial charge is 0.302 e. The molecule has 0 aliphatic heterocycles. The van der Waals surface area contributed by atoms with Crippen LogP contribution < -0.4 is 0 Å². The van der Waals surface area contributed by atoms with Gasteiger partial charge in [0.1, 0.15) is 12.1 Å². The van der Waals surface area contributed by atoms with Crippen molar-refractivity contribution in [3.05, 3.63) is 77.6 Å². The molecule has 20 heavy (non-hydrogen) atoms. The zero-order chi connectivity index (χ0) is 14.4. The van der Waals surface area contributed by atoms with Crippen molar-refractivity contribution in [3.8, 4) is 0 Å². The Morgan fingerprint density at radius 1 is 1.05 bits per heavy atom. The number of benzene rings is 2. The lowest BCUT2D eigenvalue weighted by Gasteiger charge is -2.21. The number of hydrogen-bond donors (Lipinski definition) is 0. The van der Waals surface area contributed by atoms with Gasteiger partial charge in [-0.1, -0.05) is 60.7 Å². The maximum atomic E-state index is 13.5. The Labute approximate surface area is 118 Å². The van der Waals surface area contributed by atoms with Gasteiger partial charge in [0.05, 0.1) is 5.41 Å². The maximum Gasteiger partial charge on any atom is 0.130 e. The predicted octanol–water partition coefficient (Wildman–Crippen LogP) is 4.39. The summed E-state index contributed by atoms with van der Waals surface area (Å²) in [7, 11) is 0. The van der Waals surface area contributed by atoms with Crippen LogP contribution in [0.4, 0.5) is 4.39 Å². The van der Waals surface area contributed by atoms with Gasteiger partial charge in [-0.15, -0.1) is 0 Å². The molecule has 0 aliphatic rings. The SMILES string of the molecule is C[C@](C=O)(C/C=C/c1ccccc1F)c1ccccc1. The van der Waals surface area contributed by atoms with E-state index in [2.05, 4.69) is 0 Å². The monoisotopic (exact) mass is 268 g/mol. The molecule has 2 rings (SSSR count). The van der Waals surface area contributed by atoms with Crippen molar-refractivity contribution in [1.29, 1.82) is 0 Å². The van der Waals surface area contributed by atoms with E-state index in [1.165, 1.54) is 6.07 Å². The van der Waals surface area contributed by atoms with E-state index in [9.17, 15) is 9.18 Å². The Bertz CT molecular complexity index is 604. The Morgan fingerprint density at radius 3 is 2.35 bits per heavy atom. The highest BCUT2D eigenvalue weighted by Gasteiger charge is 2.24. The standard InChI is InChI=1S/C18H17FO/c1-18(14-20,16-10-3-2-4-11-16)13-7-9-15-8-5-6-12-17(15)19/h2-12,14H,13H2,1H3/b9-7+/t18-/m1/s1. The quantitative estimate of drug-likeness (QED) is 0.735. The zero-order valence-electron chi connectivity index (χ0n) is 11.4. The van der Waals surface area contributed by atoms with Gasteiger partial charge in [0.25, 0.3) is 0 Å². The van der Waals surface area contributed by atoms with Crippen molar-refractivity contribution < 1.29 is 9.18 Å². The molecule has 0 unspecified atom stereocenters. The van der Waals surface area contributed by atoms with Gasteiger partial charge in [-0.05, 0) is 25.0 Å². The molecule has 0 fully saturated rings. The lowest BCUT2D eigenvalue weighted by atomic mass is 9.81. The van der Waals surface area contributed by atoms with Crippen molar-refractivity contribution >= 4 is 12.4 Å². The average Bonchev–Trinajstić information content (AvgIpc) is 2.50. The van der Waals surface area contributed by atoms with Crippen LogP contribution in [-0.2, 0) is 10.2 Å². The smallest absolute Gasteiger partial charge is 0.130 e. The molecule has 1 atom stereocenters. The number of aldehydes is 1. The first kappa shape index (κ1) is 14.2. The second-order valence-electron chi connectivity index (χ2n) is 5.03. The zero-order valence-corrected chi connectivity index (χ0v) is 11.4. The van der Waals surface area contributed by atoms with Gasteiger partial charge in [0.2, 0.25) is 0 Å². The summed E-state index contributed by atoms with van der Waals surface area (Å²) in [5.74, 6) is -0.253. The molecule has 0 saturated heterocycles. The second kappa shape index (κ2) is 6.29. The second-order valence-corrected chi connectivity index (χ2v) is 5.03. The fourth-order valence-electron chi connectivity index (χ4n) is 2.09. The summed E-state index contributed by atoms with van der Waals surface area (Å²) in [5, 5.41) is 0. The molecule has 0 amide bonds. The summed E-state index contributed by atoms with van der Waals surface area (Å²) in [5.41, 5.74) is 0.922. The van der Waals surface area contributed by atoms with Crippen LogP contribution in [0.5, 0.6) is 0 Å². The molecule has 2 aromatic rings. The molecule has 1 nitrogen and oxygen atoms in total. The Morgan fingerprint density at radius 2 is 1.70 bits per heavy atom. The first-order valence-electron chi connectivity index (χ1n) is 6.59. The van der Waals surface area contributed by atoms with E-state index in [0.717, 1.165) is 11.8 Å². The normalized spacial score (nSPS) is 14.1. The van der Waals surface area contributed by atoms with Crippen LogP contribution in [0, 0.1) is 5.82 Å². The van der Waals surface area contributed by atoms with Crippen molar-refractivity contribution in [2.45, 2.75) is 18.8 Å². The van der Waals surface area contributed by atoms with Crippen LogP contribution in [0.15, 0.2) is 60.7 Å². The van der Waals surface area contributed by atoms with Crippen LogP contribution >= 0.6 is 0 Å². The van der Waals surface area contributed by atoms with E-state index in [0.29, 0.717) is 12.0 Å². The molecule has 0 aromatic heterocycles. The number of carbonyl (C=O) groups is 1. The lowest BCUT2D eigenvalue weighted by Crippen LogP contribution is -2.22. The Kier molecular flexibility index (Phi) is 4.46. The number of halogens is 1. The number of allylic oxidation sites excluding steroid dienone is 1. The van der Waals surface area contributed by atoms with Crippen LogP contribution in [-0.4, -0.2) is 6.29 Å². The Hall–Kier alpha value is -2.22. The topological polar surface area (TPSA) is 17.1 Å². The molecule has 0 heterocycles. The first-order chi connectivity index (χ1) is 9.65. The average molecular weight is 268 g/mol. The molecule has 0 radical (unpaired) electrons. The molecule has 0 bridgehead atoms. The van der Waals surface area contributed by atoms with Crippen molar-refractivity contribution in [2.24, 2.45) is 0 Å². The van der Waals surface area contributed by atoms with Crippen LogP contribution in [0.25, 0.3) is 6.08 Å². The number of rotatable bonds is 5. The summed E-state index contributed by atoms with van der Waals surface area (Å²) in [6.45, 7) is 1.89. The molecule has 2 aromatic carbocycles. The van der Waals surface area contributed by atoms with Gasteiger partial charge in [-0.3, -0.25) is 0 Å². The molecule has 2 heteroatoms. The van der Waals surface area contributed by atoms with Gasteiger partial charge in [-0.2, -0.15) is 0 Å². The van der Waals surface area contributed by atoms with Crippen molar-refractivity contribution in [3.63, 3.8) is 0 Å². The third-order valence-corrected chi connectivity index (χ3v) is 3.44. The van der Waals surface area contributed by atoms with Crippen LogP contribution in [0.2, 0.25) is 0 Å². The Balaban J connectivity index is 2.16. The molecule has 0 N–H and O–H groups in total. The van der Waals surface area contributed by atoms with E-state index in [-0.39, 0.29) is 5.82 Å². The highest BCUT2D eigenvalue weighted by Crippen LogP contribution is 2.26. The van der Waals surface area contributed by atoms with Crippen molar-refractivity contribution in [1.82, 2.24) is 0 Å². The highest BCUT2D eigenvalue weighted by atomic mass is 19.1. The van der Waals surface area contributed by atoms with Gasteiger partial charge >= 0.3 is 0 Å². The third-order valence-electron chi connectivity index (χ3n) is 3.44. The molecular formula is C18H17FO. The highest BCUT2D eigenvalue weighted by molar-refractivity contribution is 5.68. The molecule has 0 saturated carbocycles. The minimum Gasteiger partial charge on any atom is -0.302 e. The summed E-state index contributed by atoms with van der Waals surface area (Å²) >= 11 is 0. The van der Waals surface area contributed by atoms with Gasteiger partial charge in [-0.25, -0.2) is 4.39 Å². The van der Waals surface area contributed by atoms with E-state index in [4.69, 9.17) is 0 Å². The first-order valence-corrected chi connectivity index (χ1v) is 6.59. The molecule has 102 valence electrons. The summed E-state index contributed by atoms with van der Waals surface area (Å²) in [6, 6.07) is 16.2. The fraction of sp³-hybridized carbons (Fsp3) is 0.167. The molecule has 0 spiro atoms. The fourth-order valence-corrected chi connectivity index (χ4v) is 2.09. The van der Waals surface area contributed by atoms with E-state index in [1.807, 2.05) is 43.3 Å². The minimum absolute atomic E-state index is 0.253. The predicted molar refractivity (Wildman–Crippen MR) is 79.9 cm³/mol. The minimum atomic E-state index is -0.580. The van der Waals surface area contributed by atoms with Crippen LogP contribution in [0.1, 0.15) is 24.5 Å². The molecular weight excluding hydrogens is 251 g/mol. The summed E-state index contributed by atoms with van der Waals surface area (Å²) in [6.07, 6.45) is 5.06. The lowest BCUT2D eigenvalue weighted by molar-refractivity contribution is -0.112. The van der Waals surface area contributed by atoms with Gasteiger partial charge in [0, 0.05) is 5.56 Å². The number of carbonyl (C=O) groups excluding carboxylic acids is 1.